The summed E-state index contributed by atoms with van der Waals surface area (Å²) in [4.78, 5) is 25.0. The molecule has 10 heteroatoms. The van der Waals surface area contributed by atoms with Crippen LogP contribution in [0.15, 0.2) is 0 Å². The Labute approximate surface area is 128 Å². The van der Waals surface area contributed by atoms with Crippen molar-refractivity contribution >= 4 is 11.9 Å². The van der Waals surface area contributed by atoms with Gasteiger partial charge in [-0.2, -0.15) is 10.1 Å². The zero-order valence-corrected chi connectivity index (χ0v) is 12.5. The molecule has 0 atom stereocenters. The van der Waals surface area contributed by atoms with E-state index >= 15 is 0 Å². The molecule has 128 valence electrons. The van der Waals surface area contributed by atoms with Crippen molar-refractivity contribution in [3.05, 3.63) is 0 Å². The summed E-state index contributed by atoms with van der Waals surface area (Å²) in [6.07, 6.45) is 0. The minimum atomic E-state index is -0.970. The average molecular weight is 320 g/mol. The molecular formula is C12H24N4O6. The molecule has 0 amide bonds. The first-order valence-corrected chi connectivity index (χ1v) is 7.12. The van der Waals surface area contributed by atoms with E-state index in [1.807, 2.05) is 0 Å². The summed E-state index contributed by atoms with van der Waals surface area (Å²) in [6, 6.07) is 0. The molecule has 1 rings (SSSR count). The first-order valence-electron chi connectivity index (χ1n) is 7.12. The number of rotatable bonds is 4. The van der Waals surface area contributed by atoms with Crippen LogP contribution in [0.25, 0.3) is 0 Å². The quantitative estimate of drug-likeness (QED) is 0.469. The molecule has 0 bridgehead atoms. The number of aliphatic carboxylic acids is 2. The van der Waals surface area contributed by atoms with Gasteiger partial charge in [0.05, 0.1) is 13.1 Å². The van der Waals surface area contributed by atoms with Gasteiger partial charge in [0, 0.05) is 52.4 Å². The SMILES string of the molecule is O=C(O)CN1CCN(O)CCN(O)CCN(CC(=O)O)CC1. The molecule has 1 aliphatic rings. The first-order chi connectivity index (χ1) is 10.4. The van der Waals surface area contributed by atoms with Crippen molar-refractivity contribution in [1.82, 2.24) is 19.9 Å². The van der Waals surface area contributed by atoms with E-state index in [0.717, 1.165) is 10.1 Å². The van der Waals surface area contributed by atoms with Crippen LogP contribution in [0.4, 0.5) is 0 Å². The summed E-state index contributed by atoms with van der Waals surface area (Å²) in [5.74, 6) is -1.94. The fourth-order valence-electron chi connectivity index (χ4n) is 2.17. The molecule has 1 aliphatic heterocycles. The Bertz CT molecular complexity index is 336. The van der Waals surface area contributed by atoms with Crippen molar-refractivity contribution in [3.8, 4) is 0 Å². The molecule has 4 N–H and O–H groups in total. The fraction of sp³-hybridized carbons (Fsp3) is 0.833. The van der Waals surface area contributed by atoms with Gasteiger partial charge in [-0.25, -0.2) is 0 Å². The van der Waals surface area contributed by atoms with E-state index in [1.165, 1.54) is 0 Å². The third-order valence-electron chi connectivity index (χ3n) is 3.42. The number of carbonyl (C=O) groups is 2. The van der Waals surface area contributed by atoms with Gasteiger partial charge >= 0.3 is 11.9 Å². The van der Waals surface area contributed by atoms with Gasteiger partial charge in [0.2, 0.25) is 0 Å². The molecule has 1 heterocycles. The second-order valence-electron chi connectivity index (χ2n) is 5.25. The van der Waals surface area contributed by atoms with Gasteiger partial charge in [0.25, 0.3) is 0 Å². The van der Waals surface area contributed by atoms with Crippen LogP contribution in [-0.2, 0) is 9.59 Å². The normalized spacial score (nSPS) is 21.9. The summed E-state index contributed by atoms with van der Waals surface area (Å²) in [6.45, 7) is 2.04. The average Bonchev–Trinajstić information content (AvgIpc) is 2.42. The number of carboxylic acid groups (broad SMARTS) is 2. The number of carboxylic acids is 2. The van der Waals surface area contributed by atoms with E-state index in [4.69, 9.17) is 10.2 Å². The Morgan fingerprint density at radius 2 is 0.909 bits per heavy atom. The Kier molecular flexibility index (Phi) is 8.24. The van der Waals surface area contributed by atoms with E-state index in [0.29, 0.717) is 26.2 Å². The molecule has 0 aromatic carbocycles. The molecule has 1 fully saturated rings. The summed E-state index contributed by atoms with van der Waals surface area (Å²) in [5.41, 5.74) is 0. The summed E-state index contributed by atoms with van der Waals surface area (Å²) in [5, 5.41) is 39.2. The van der Waals surface area contributed by atoms with E-state index in [-0.39, 0.29) is 39.3 Å². The molecule has 22 heavy (non-hydrogen) atoms. The Balaban J connectivity index is 2.66. The maximum atomic E-state index is 10.9. The lowest BCUT2D eigenvalue weighted by molar-refractivity contribution is -0.148. The lowest BCUT2D eigenvalue weighted by Crippen LogP contribution is -2.46. The van der Waals surface area contributed by atoms with Crippen molar-refractivity contribution in [2.24, 2.45) is 0 Å². The fourth-order valence-corrected chi connectivity index (χ4v) is 2.17. The predicted molar refractivity (Wildman–Crippen MR) is 74.9 cm³/mol. The van der Waals surface area contributed by atoms with Gasteiger partial charge < -0.3 is 20.6 Å². The highest BCUT2D eigenvalue weighted by Crippen LogP contribution is 1.98. The monoisotopic (exact) mass is 320 g/mol. The largest absolute Gasteiger partial charge is 0.480 e. The van der Waals surface area contributed by atoms with Crippen LogP contribution < -0.4 is 0 Å². The number of hydroxylamine groups is 4. The zero-order chi connectivity index (χ0) is 16.5. The number of hydrogen-bond acceptors (Lipinski definition) is 8. The van der Waals surface area contributed by atoms with Crippen LogP contribution in [0.3, 0.4) is 0 Å². The van der Waals surface area contributed by atoms with Crippen molar-refractivity contribution in [1.29, 1.82) is 0 Å². The molecule has 0 saturated carbocycles. The van der Waals surface area contributed by atoms with Crippen molar-refractivity contribution < 1.29 is 30.2 Å². The van der Waals surface area contributed by atoms with Crippen LogP contribution >= 0.6 is 0 Å². The van der Waals surface area contributed by atoms with Crippen LogP contribution in [0.2, 0.25) is 0 Å². The lowest BCUT2D eigenvalue weighted by atomic mass is 10.3. The molecule has 10 nitrogen and oxygen atoms in total. The van der Waals surface area contributed by atoms with Gasteiger partial charge in [-0.1, -0.05) is 0 Å². The van der Waals surface area contributed by atoms with Crippen molar-refractivity contribution in [2.75, 3.05) is 65.4 Å². The minimum absolute atomic E-state index is 0.166. The molecule has 0 radical (unpaired) electrons. The summed E-state index contributed by atoms with van der Waals surface area (Å²) >= 11 is 0. The molecule has 0 aromatic heterocycles. The van der Waals surface area contributed by atoms with Crippen LogP contribution in [0.1, 0.15) is 0 Å². The molecule has 0 unspecified atom stereocenters. The third kappa shape index (κ3) is 8.22. The molecule has 0 spiro atoms. The highest BCUT2D eigenvalue weighted by molar-refractivity contribution is 5.69. The Hall–Kier alpha value is -1.30. The maximum absolute atomic E-state index is 10.9. The van der Waals surface area contributed by atoms with Crippen LogP contribution in [-0.4, -0.2) is 118 Å². The van der Waals surface area contributed by atoms with Gasteiger partial charge in [0.15, 0.2) is 0 Å². The smallest absolute Gasteiger partial charge is 0.317 e. The van der Waals surface area contributed by atoms with E-state index in [1.54, 1.807) is 9.80 Å². The standard InChI is InChI=1S/C12H24N4O6/c17-11(18)9-13-1-2-14(10-12(19)20)4-6-16(22)8-7-15(21)5-3-13/h21-22H,1-10H2,(H,17,18)(H,19,20). The van der Waals surface area contributed by atoms with Crippen molar-refractivity contribution in [2.45, 2.75) is 0 Å². The second-order valence-corrected chi connectivity index (χ2v) is 5.25. The van der Waals surface area contributed by atoms with E-state index < -0.39 is 11.9 Å². The van der Waals surface area contributed by atoms with E-state index in [2.05, 4.69) is 0 Å². The zero-order valence-electron chi connectivity index (χ0n) is 12.5. The third-order valence-corrected chi connectivity index (χ3v) is 3.42. The second kappa shape index (κ2) is 9.66. The van der Waals surface area contributed by atoms with Crippen LogP contribution in [0, 0.1) is 0 Å². The maximum Gasteiger partial charge on any atom is 0.317 e. The van der Waals surface area contributed by atoms with Gasteiger partial charge in [-0.05, 0) is 0 Å². The molecule has 1 saturated heterocycles. The number of nitrogens with zero attached hydrogens (tertiary/aromatic N) is 4. The Morgan fingerprint density at radius 3 is 1.23 bits per heavy atom. The highest BCUT2D eigenvalue weighted by Gasteiger charge is 2.17. The van der Waals surface area contributed by atoms with Gasteiger partial charge in [0.1, 0.15) is 0 Å². The van der Waals surface area contributed by atoms with Crippen LogP contribution in [0.5, 0.6) is 0 Å². The highest BCUT2D eigenvalue weighted by atomic mass is 16.5. The topological polar surface area (TPSA) is 128 Å². The first kappa shape index (κ1) is 18.7. The molecule has 0 aromatic rings. The summed E-state index contributed by atoms with van der Waals surface area (Å²) in [7, 11) is 0. The summed E-state index contributed by atoms with van der Waals surface area (Å²) < 4.78 is 0. The lowest BCUT2D eigenvalue weighted by Gasteiger charge is -2.29. The molecule has 0 aliphatic carbocycles. The van der Waals surface area contributed by atoms with Gasteiger partial charge in [-0.15, -0.1) is 0 Å². The minimum Gasteiger partial charge on any atom is -0.480 e. The van der Waals surface area contributed by atoms with Crippen molar-refractivity contribution in [3.63, 3.8) is 0 Å². The van der Waals surface area contributed by atoms with Gasteiger partial charge in [-0.3, -0.25) is 19.4 Å². The Morgan fingerprint density at radius 1 is 0.636 bits per heavy atom. The van der Waals surface area contributed by atoms with E-state index in [9.17, 15) is 20.0 Å². The number of hydrogen-bond donors (Lipinski definition) is 4. The molecular weight excluding hydrogens is 296 g/mol. The predicted octanol–water partition coefficient (Wildman–Crippen LogP) is -1.84.